The third-order valence-electron chi connectivity index (χ3n) is 7.86. The molecule has 1 aromatic heterocycles. The Balaban J connectivity index is 1.54. The normalized spacial score (nSPS) is 20.0. The molecular weight excluding hydrogens is 426 g/mol. The Bertz CT molecular complexity index is 1150. The van der Waals surface area contributed by atoms with E-state index < -0.39 is 0 Å². The zero-order chi connectivity index (χ0) is 24.4. The highest BCUT2D eigenvalue weighted by Gasteiger charge is 2.35. The fourth-order valence-corrected chi connectivity index (χ4v) is 5.87. The highest BCUT2D eigenvalue weighted by atomic mass is 15.2. The lowest BCUT2D eigenvalue weighted by atomic mass is 9.67. The average molecular weight is 462 g/mol. The zero-order valence-electron chi connectivity index (χ0n) is 21.2. The molecule has 4 radical (unpaired) electrons. The standard InChI is InChI=1S/C29H36B2N4/c1-19-12-25-27(13-23(19)14-29(30)31)34-26(21-7-5-20(6-8-21)4-3-10-32-2)15-28(25)35-17-22-9-11-33-16-24(22)18-35/h5-8,12-13,15,22,24,29,32-33H,3-4,9-11,14,16-18H2,1-2H3. The topological polar surface area (TPSA) is 40.2 Å². The number of anilines is 1. The molecule has 35 heavy (non-hydrogen) atoms. The van der Waals surface area contributed by atoms with Crippen molar-refractivity contribution in [2.45, 2.75) is 38.3 Å². The summed E-state index contributed by atoms with van der Waals surface area (Å²) in [4.78, 5) is 7.76. The molecule has 2 saturated heterocycles. The van der Waals surface area contributed by atoms with E-state index in [1.165, 1.54) is 39.7 Å². The van der Waals surface area contributed by atoms with Crippen molar-refractivity contribution in [1.29, 1.82) is 0 Å². The smallest absolute Gasteiger partial charge is 0.0733 e. The molecule has 4 nitrogen and oxygen atoms in total. The van der Waals surface area contributed by atoms with Crippen LogP contribution in [0.1, 0.15) is 29.5 Å². The Hall–Kier alpha value is -2.30. The number of rotatable bonds is 8. The SMILES string of the molecule is [B]C([B])Cc1cc2nc(-c3ccc(CCCNC)cc3)cc(N3CC4CCNCC4C3)c2cc1C. The second-order valence-corrected chi connectivity index (χ2v) is 10.5. The summed E-state index contributed by atoms with van der Waals surface area (Å²) in [6.07, 6.45) is 4.16. The molecule has 5 rings (SSSR count). The summed E-state index contributed by atoms with van der Waals surface area (Å²) in [6, 6.07) is 15.8. The van der Waals surface area contributed by atoms with Crippen LogP contribution < -0.4 is 15.5 Å². The lowest BCUT2D eigenvalue weighted by Crippen LogP contribution is -2.35. The van der Waals surface area contributed by atoms with Crippen molar-refractivity contribution in [3.8, 4) is 11.3 Å². The summed E-state index contributed by atoms with van der Waals surface area (Å²) >= 11 is 0. The van der Waals surface area contributed by atoms with Gasteiger partial charge >= 0.3 is 0 Å². The van der Waals surface area contributed by atoms with Crippen LogP contribution in [0.15, 0.2) is 42.5 Å². The molecule has 0 spiro atoms. The number of hydrogen-bond acceptors (Lipinski definition) is 4. The fraction of sp³-hybridized carbons (Fsp3) is 0.483. The van der Waals surface area contributed by atoms with Gasteiger partial charge in [0.15, 0.2) is 0 Å². The maximum Gasteiger partial charge on any atom is 0.0733 e. The van der Waals surface area contributed by atoms with E-state index >= 15 is 0 Å². The van der Waals surface area contributed by atoms with E-state index in [9.17, 15) is 0 Å². The summed E-state index contributed by atoms with van der Waals surface area (Å²) in [5.74, 6) is 1.50. The summed E-state index contributed by atoms with van der Waals surface area (Å²) in [7, 11) is 13.9. The molecule has 2 aromatic carbocycles. The first-order valence-electron chi connectivity index (χ1n) is 13.2. The fourth-order valence-electron chi connectivity index (χ4n) is 5.87. The van der Waals surface area contributed by atoms with Crippen LogP contribution in [0.2, 0.25) is 5.72 Å². The van der Waals surface area contributed by atoms with Crippen LogP contribution in [0.3, 0.4) is 0 Å². The molecule has 0 bridgehead atoms. The molecule has 3 heterocycles. The second-order valence-electron chi connectivity index (χ2n) is 10.5. The zero-order valence-corrected chi connectivity index (χ0v) is 21.2. The Morgan fingerprint density at radius 3 is 2.66 bits per heavy atom. The lowest BCUT2D eigenvalue weighted by molar-refractivity contribution is 0.318. The van der Waals surface area contributed by atoms with Crippen molar-refractivity contribution < 1.29 is 0 Å². The van der Waals surface area contributed by atoms with E-state index in [-0.39, 0.29) is 5.72 Å². The Kier molecular flexibility index (Phi) is 7.50. The minimum Gasteiger partial charge on any atom is -0.370 e. The summed E-state index contributed by atoms with van der Waals surface area (Å²) in [5.41, 5.74) is 7.97. The quantitative estimate of drug-likeness (QED) is 0.392. The van der Waals surface area contributed by atoms with E-state index in [0.717, 1.165) is 68.6 Å². The first-order valence-corrected chi connectivity index (χ1v) is 13.2. The van der Waals surface area contributed by atoms with Crippen molar-refractivity contribution in [2.24, 2.45) is 11.8 Å². The minimum atomic E-state index is -0.363. The van der Waals surface area contributed by atoms with Gasteiger partial charge in [0.25, 0.3) is 0 Å². The predicted octanol–water partition coefficient (Wildman–Crippen LogP) is 4.03. The maximum atomic E-state index is 5.95. The van der Waals surface area contributed by atoms with Crippen molar-refractivity contribution in [3.05, 3.63) is 59.2 Å². The number of nitrogens with one attached hydrogen (secondary N) is 2. The number of fused-ring (bicyclic) bond motifs is 2. The Labute approximate surface area is 213 Å². The number of nitrogens with zero attached hydrogens (tertiary/aromatic N) is 2. The van der Waals surface area contributed by atoms with Crippen molar-refractivity contribution in [3.63, 3.8) is 0 Å². The van der Waals surface area contributed by atoms with Gasteiger partial charge in [-0.2, -0.15) is 0 Å². The average Bonchev–Trinajstić information content (AvgIpc) is 3.28. The molecule has 2 aliphatic heterocycles. The van der Waals surface area contributed by atoms with Gasteiger partial charge in [-0.15, -0.1) is 5.72 Å². The molecule has 2 aliphatic rings. The van der Waals surface area contributed by atoms with Crippen LogP contribution in [-0.2, 0) is 12.8 Å². The van der Waals surface area contributed by atoms with E-state index in [0.29, 0.717) is 6.42 Å². The van der Waals surface area contributed by atoms with E-state index in [1.807, 2.05) is 7.05 Å². The monoisotopic (exact) mass is 462 g/mol. The van der Waals surface area contributed by atoms with E-state index in [4.69, 9.17) is 20.7 Å². The van der Waals surface area contributed by atoms with E-state index in [1.54, 1.807) is 0 Å². The second kappa shape index (κ2) is 10.8. The highest BCUT2D eigenvalue weighted by Crippen LogP contribution is 2.38. The van der Waals surface area contributed by atoms with Crippen LogP contribution in [0.4, 0.5) is 5.69 Å². The molecule has 178 valence electrons. The first-order chi connectivity index (χ1) is 17.0. The van der Waals surface area contributed by atoms with Crippen molar-refractivity contribution in [2.75, 3.05) is 44.7 Å². The molecule has 0 saturated carbocycles. The molecule has 6 heteroatoms. The summed E-state index contributed by atoms with van der Waals surface area (Å²) in [6.45, 7) is 7.70. The summed E-state index contributed by atoms with van der Waals surface area (Å²) in [5, 5.41) is 8.06. The van der Waals surface area contributed by atoms with Gasteiger partial charge in [-0.3, -0.25) is 0 Å². The number of aromatic nitrogens is 1. The number of aryl methyl sites for hydroxylation is 2. The predicted molar refractivity (Wildman–Crippen MR) is 150 cm³/mol. The third kappa shape index (κ3) is 5.44. The van der Waals surface area contributed by atoms with Crippen LogP contribution in [0, 0.1) is 18.8 Å². The van der Waals surface area contributed by atoms with Crippen LogP contribution >= 0.6 is 0 Å². The Morgan fingerprint density at radius 2 is 1.91 bits per heavy atom. The lowest BCUT2D eigenvalue weighted by Gasteiger charge is -2.23. The molecule has 2 atom stereocenters. The maximum absolute atomic E-state index is 5.95. The van der Waals surface area contributed by atoms with Crippen molar-refractivity contribution >= 4 is 32.3 Å². The van der Waals surface area contributed by atoms with Crippen LogP contribution in [0.25, 0.3) is 22.2 Å². The largest absolute Gasteiger partial charge is 0.370 e. The molecule has 2 N–H and O–H groups in total. The van der Waals surface area contributed by atoms with Gasteiger partial charge in [0.05, 0.1) is 26.9 Å². The van der Waals surface area contributed by atoms with Gasteiger partial charge < -0.3 is 15.5 Å². The number of benzene rings is 2. The number of pyridine rings is 1. The first kappa shape index (κ1) is 24.4. The molecular formula is C29H36B2N4. The van der Waals surface area contributed by atoms with Crippen LogP contribution in [-0.4, -0.2) is 60.4 Å². The number of piperidine rings is 1. The summed E-state index contributed by atoms with van der Waals surface area (Å²) < 4.78 is 0. The van der Waals surface area contributed by atoms with Crippen LogP contribution in [0.5, 0.6) is 0 Å². The van der Waals surface area contributed by atoms with Gasteiger partial charge in [0.2, 0.25) is 0 Å². The number of hydrogen-bond donors (Lipinski definition) is 2. The highest BCUT2D eigenvalue weighted by molar-refractivity contribution is 6.35. The van der Waals surface area contributed by atoms with Gasteiger partial charge in [-0.1, -0.05) is 24.3 Å². The third-order valence-corrected chi connectivity index (χ3v) is 7.86. The van der Waals surface area contributed by atoms with Crippen molar-refractivity contribution in [1.82, 2.24) is 15.6 Å². The molecule has 2 unspecified atom stereocenters. The minimum absolute atomic E-state index is 0.363. The van der Waals surface area contributed by atoms with E-state index in [2.05, 4.69) is 64.9 Å². The molecule has 3 aromatic rings. The van der Waals surface area contributed by atoms with Gasteiger partial charge in [-0.05, 0) is 106 Å². The molecule has 0 aliphatic carbocycles. The van der Waals surface area contributed by atoms with Gasteiger partial charge in [0.1, 0.15) is 0 Å². The molecule has 0 amide bonds. The molecule has 2 fully saturated rings. The van der Waals surface area contributed by atoms with Gasteiger partial charge in [-0.25, -0.2) is 4.98 Å². The Morgan fingerprint density at radius 1 is 1.11 bits per heavy atom. The van der Waals surface area contributed by atoms with Gasteiger partial charge in [0, 0.05) is 29.7 Å².